The van der Waals surface area contributed by atoms with Crippen molar-refractivity contribution >= 4 is 34.8 Å². The number of carbonyl (C=O) groups is 1. The highest BCUT2D eigenvalue weighted by Crippen LogP contribution is 2.35. The van der Waals surface area contributed by atoms with Crippen LogP contribution >= 0.6 is 23.2 Å². The van der Waals surface area contributed by atoms with Crippen molar-refractivity contribution in [2.45, 2.75) is 12.3 Å². The van der Waals surface area contributed by atoms with Crippen LogP contribution < -0.4 is 9.64 Å². The van der Waals surface area contributed by atoms with Gasteiger partial charge in [-0.2, -0.15) is 4.98 Å². The van der Waals surface area contributed by atoms with Crippen molar-refractivity contribution < 1.29 is 18.4 Å². The zero-order valence-electron chi connectivity index (χ0n) is 14.7. The monoisotopic (exact) mass is 421 g/mol. The van der Waals surface area contributed by atoms with E-state index in [-0.39, 0.29) is 29.1 Å². The van der Waals surface area contributed by atoms with E-state index >= 15 is 0 Å². The summed E-state index contributed by atoms with van der Waals surface area (Å²) in [7, 11) is 1.53. The van der Waals surface area contributed by atoms with E-state index in [0.29, 0.717) is 34.5 Å². The molecule has 6 nitrogen and oxygen atoms in total. The fourth-order valence-corrected chi connectivity index (χ4v) is 3.47. The van der Waals surface area contributed by atoms with Gasteiger partial charge in [0, 0.05) is 24.2 Å². The third kappa shape index (κ3) is 3.43. The summed E-state index contributed by atoms with van der Waals surface area (Å²) >= 11 is 11.9. The van der Waals surface area contributed by atoms with Gasteiger partial charge < -0.3 is 14.2 Å². The molecule has 2 aromatic carbocycles. The summed E-state index contributed by atoms with van der Waals surface area (Å²) < 4.78 is 24.1. The number of methoxy groups -OCH3 is 1. The number of anilines is 1. The number of aromatic nitrogens is 2. The Morgan fingerprint density at radius 2 is 2.04 bits per heavy atom. The molecular formula is C19H14Cl2FN3O3. The zero-order valence-corrected chi connectivity index (χ0v) is 16.2. The van der Waals surface area contributed by atoms with Crippen molar-refractivity contribution in [2.75, 3.05) is 18.6 Å². The molecule has 0 spiro atoms. The number of nitrogens with zero attached hydrogens (tertiary/aromatic N) is 3. The van der Waals surface area contributed by atoms with Gasteiger partial charge in [-0.25, -0.2) is 4.39 Å². The number of hydrogen-bond donors (Lipinski definition) is 0. The Morgan fingerprint density at radius 3 is 2.75 bits per heavy atom. The van der Waals surface area contributed by atoms with E-state index in [0.717, 1.165) is 0 Å². The molecule has 1 aliphatic rings. The quantitative estimate of drug-likeness (QED) is 0.609. The van der Waals surface area contributed by atoms with E-state index in [9.17, 15) is 9.18 Å². The average Bonchev–Trinajstić information content (AvgIpc) is 3.31. The van der Waals surface area contributed by atoms with Crippen LogP contribution in [0, 0.1) is 5.82 Å². The predicted molar refractivity (Wildman–Crippen MR) is 102 cm³/mol. The molecule has 1 aliphatic heterocycles. The van der Waals surface area contributed by atoms with Crippen LogP contribution in [0.15, 0.2) is 40.9 Å². The topological polar surface area (TPSA) is 68.5 Å². The van der Waals surface area contributed by atoms with Crippen LogP contribution in [0.25, 0.3) is 11.4 Å². The van der Waals surface area contributed by atoms with Crippen LogP contribution in [0.3, 0.4) is 0 Å². The Morgan fingerprint density at radius 1 is 1.21 bits per heavy atom. The SMILES string of the molecule is COc1ccc(N2CC(c3nc(-c4ccc(Cl)c(F)c4)no3)CC2=O)cc1Cl. The van der Waals surface area contributed by atoms with Gasteiger partial charge in [0.25, 0.3) is 0 Å². The average molecular weight is 422 g/mol. The van der Waals surface area contributed by atoms with E-state index in [1.165, 1.54) is 19.2 Å². The normalized spacial score (nSPS) is 16.6. The molecule has 2 heterocycles. The summed E-state index contributed by atoms with van der Waals surface area (Å²) in [6.45, 7) is 0.373. The number of hydrogen-bond acceptors (Lipinski definition) is 5. The largest absolute Gasteiger partial charge is 0.495 e. The van der Waals surface area contributed by atoms with E-state index < -0.39 is 5.82 Å². The predicted octanol–water partition coefficient (Wildman–Crippen LogP) is 4.71. The Balaban J connectivity index is 1.55. The molecule has 0 N–H and O–H groups in total. The Hall–Kier alpha value is -2.64. The minimum absolute atomic E-state index is 0.0163. The number of rotatable bonds is 4. The third-order valence-electron chi connectivity index (χ3n) is 4.54. The van der Waals surface area contributed by atoms with Crippen LogP contribution in [0.2, 0.25) is 10.0 Å². The van der Waals surface area contributed by atoms with E-state index in [1.807, 2.05) is 0 Å². The summed E-state index contributed by atoms with van der Waals surface area (Å²) in [5, 5.41) is 4.33. The summed E-state index contributed by atoms with van der Waals surface area (Å²) in [6, 6.07) is 9.42. The van der Waals surface area contributed by atoms with E-state index in [1.54, 1.807) is 29.2 Å². The first-order chi connectivity index (χ1) is 13.5. The van der Waals surface area contributed by atoms with Gasteiger partial charge in [-0.15, -0.1) is 0 Å². The molecule has 1 atom stereocenters. The summed E-state index contributed by atoms with van der Waals surface area (Å²) in [5.41, 5.74) is 1.11. The molecule has 1 saturated heterocycles. The molecule has 4 rings (SSSR count). The van der Waals surface area contributed by atoms with Crippen LogP contribution in [-0.4, -0.2) is 29.7 Å². The van der Waals surface area contributed by atoms with Crippen molar-refractivity contribution in [3.8, 4) is 17.1 Å². The van der Waals surface area contributed by atoms with E-state index in [4.69, 9.17) is 32.5 Å². The Labute approximate surface area is 169 Å². The molecule has 0 aliphatic carbocycles. The highest BCUT2D eigenvalue weighted by molar-refractivity contribution is 6.32. The second-order valence-electron chi connectivity index (χ2n) is 6.31. The number of amides is 1. The number of benzene rings is 2. The third-order valence-corrected chi connectivity index (χ3v) is 5.14. The lowest BCUT2D eigenvalue weighted by Gasteiger charge is -2.17. The van der Waals surface area contributed by atoms with Gasteiger partial charge in [-0.3, -0.25) is 4.79 Å². The van der Waals surface area contributed by atoms with Crippen molar-refractivity contribution in [1.82, 2.24) is 10.1 Å². The maximum atomic E-state index is 13.7. The second kappa shape index (κ2) is 7.41. The summed E-state index contributed by atoms with van der Waals surface area (Å²) in [6.07, 6.45) is 0.222. The fraction of sp³-hybridized carbons (Fsp3) is 0.211. The van der Waals surface area contributed by atoms with Gasteiger partial charge in [-0.05, 0) is 36.4 Å². The maximum absolute atomic E-state index is 13.7. The van der Waals surface area contributed by atoms with Crippen LogP contribution in [-0.2, 0) is 4.79 Å². The van der Waals surface area contributed by atoms with Crippen molar-refractivity contribution in [3.05, 3.63) is 58.2 Å². The minimum Gasteiger partial charge on any atom is -0.495 e. The molecule has 1 fully saturated rings. The minimum atomic E-state index is -0.566. The standard InChI is InChI=1S/C19H14Cl2FN3O3/c1-27-16-5-3-12(8-14(16)21)25-9-11(7-17(25)26)19-23-18(24-28-19)10-2-4-13(20)15(22)6-10/h2-6,8,11H,7,9H2,1H3. The van der Waals surface area contributed by atoms with Crippen molar-refractivity contribution in [1.29, 1.82) is 0 Å². The molecule has 1 unspecified atom stereocenters. The molecular weight excluding hydrogens is 408 g/mol. The van der Waals surface area contributed by atoms with Gasteiger partial charge >= 0.3 is 0 Å². The van der Waals surface area contributed by atoms with Crippen molar-refractivity contribution in [2.24, 2.45) is 0 Å². The zero-order chi connectivity index (χ0) is 19.8. The number of carbonyl (C=O) groups excluding carboxylic acids is 1. The van der Waals surface area contributed by atoms with Crippen LogP contribution in [0.5, 0.6) is 5.75 Å². The lowest BCUT2D eigenvalue weighted by atomic mass is 10.1. The van der Waals surface area contributed by atoms with Gasteiger partial charge in [0.2, 0.25) is 17.6 Å². The smallest absolute Gasteiger partial charge is 0.232 e. The van der Waals surface area contributed by atoms with E-state index in [2.05, 4.69) is 10.1 Å². The van der Waals surface area contributed by atoms with Gasteiger partial charge in [0.1, 0.15) is 11.6 Å². The van der Waals surface area contributed by atoms with Gasteiger partial charge in [-0.1, -0.05) is 28.4 Å². The molecule has 1 amide bonds. The van der Waals surface area contributed by atoms with Crippen molar-refractivity contribution in [3.63, 3.8) is 0 Å². The molecule has 9 heteroatoms. The molecule has 0 bridgehead atoms. The summed E-state index contributed by atoms with van der Waals surface area (Å²) in [5.74, 6) is 0.176. The van der Waals surface area contributed by atoms with Gasteiger partial charge in [0.15, 0.2) is 0 Å². The second-order valence-corrected chi connectivity index (χ2v) is 7.12. The highest BCUT2D eigenvalue weighted by atomic mass is 35.5. The lowest BCUT2D eigenvalue weighted by Crippen LogP contribution is -2.24. The first-order valence-electron chi connectivity index (χ1n) is 8.39. The molecule has 0 saturated carbocycles. The first kappa shape index (κ1) is 18.7. The Kier molecular flexibility index (Phi) is 4.95. The highest BCUT2D eigenvalue weighted by Gasteiger charge is 2.35. The van der Waals surface area contributed by atoms with Gasteiger partial charge in [0.05, 0.1) is 23.1 Å². The lowest BCUT2D eigenvalue weighted by molar-refractivity contribution is -0.117. The molecule has 0 radical (unpaired) electrons. The van der Waals surface area contributed by atoms with Crippen LogP contribution in [0.1, 0.15) is 18.2 Å². The fourth-order valence-electron chi connectivity index (χ4n) is 3.10. The summed E-state index contributed by atoms with van der Waals surface area (Å²) in [4.78, 5) is 18.4. The molecule has 144 valence electrons. The molecule has 3 aromatic rings. The maximum Gasteiger partial charge on any atom is 0.232 e. The Bertz CT molecular complexity index is 1060. The molecule has 28 heavy (non-hydrogen) atoms. The number of ether oxygens (including phenoxy) is 1. The molecule has 1 aromatic heterocycles. The first-order valence-corrected chi connectivity index (χ1v) is 9.15. The number of halogens is 3. The van der Waals surface area contributed by atoms with Crippen LogP contribution in [0.4, 0.5) is 10.1 Å².